The lowest BCUT2D eigenvalue weighted by Gasteiger charge is -2.19. The molecule has 0 aliphatic heterocycles. The standard InChI is InChI=1S/C24H34N4O4/c1-4-25-23(27-16-24(3,30)21-12-5-17(2)32-21)26-14-13-18-6-10-20(11-7-18)31-15-22(29)28-19-8-9-19/h5-7,10-12,19,30H,4,8-9,13-16H2,1-3H3,(H,28,29)(H2,25,26,27). The Balaban J connectivity index is 1.44. The molecule has 1 heterocycles. The van der Waals surface area contributed by atoms with Crippen LogP contribution in [0.1, 0.15) is 43.8 Å². The van der Waals surface area contributed by atoms with Gasteiger partial charge in [0.05, 0.1) is 6.54 Å². The lowest BCUT2D eigenvalue weighted by atomic mass is 10.0. The highest BCUT2D eigenvalue weighted by Gasteiger charge is 2.26. The van der Waals surface area contributed by atoms with Gasteiger partial charge in [0.2, 0.25) is 0 Å². The van der Waals surface area contributed by atoms with E-state index in [9.17, 15) is 9.90 Å². The summed E-state index contributed by atoms with van der Waals surface area (Å²) in [4.78, 5) is 16.2. The van der Waals surface area contributed by atoms with Crippen LogP contribution in [0.2, 0.25) is 0 Å². The predicted molar refractivity (Wildman–Crippen MR) is 124 cm³/mol. The first kappa shape index (κ1) is 23.7. The third-order valence-corrected chi connectivity index (χ3v) is 5.10. The molecule has 1 saturated carbocycles. The van der Waals surface area contributed by atoms with Crippen LogP contribution >= 0.6 is 0 Å². The molecular weight excluding hydrogens is 408 g/mol. The van der Waals surface area contributed by atoms with Crippen LogP contribution in [0.3, 0.4) is 0 Å². The number of amides is 1. The number of aliphatic hydroxyl groups is 1. The van der Waals surface area contributed by atoms with Gasteiger partial charge in [-0.2, -0.15) is 0 Å². The maximum atomic E-state index is 11.7. The van der Waals surface area contributed by atoms with Crippen molar-refractivity contribution in [3.05, 3.63) is 53.5 Å². The van der Waals surface area contributed by atoms with Crippen molar-refractivity contribution in [1.82, 2.24) is 16.0 Å². The molecule has 0 radical (unpaired) electrons. The van der Waals surface area contributed by atoms with Gasteiger partial charge in [-0.25, -0.2) is 4.99 Å². The second-order valence-corrected chi connectivity index (χ2v) is 8.33. The van der Waals surface area contributed by atoms with Gasteiger partial charge in [-0.1, -0.05) is 12.1 Å². The van der Waals surface area contributed by atoms with E-state index in [1.165, 1.54) is 0 Å². The Labute approximate surface area is 189 Å². The number of aryl methyl sites for hydroxylation is 1. The largest absolute Gasteiger partial charge is 0.484 e. The van der Waals surface area contributed by atoms with Gasteiger partial charge in [0.25, 0.3) is 5.91 Å². The topological polar surface area (TPSA) is 108 Å². The number of hydrogen-bond donors (Lipinski definition) is 4. The highest BCUT2D eigenvalue weighted by atomic mass is 16.5. The summed E-state index contributed by atoms with van der Waals surface area (Å²) in [6, 6.07) is 11.7. The number of guanidine groups is 1. The molecule has 2 aromatic rings. The fourth-order valence-electron chi connectivity index (χ4n) is 3.10. The number of furan rings is 1. The van der Waals surface area contributed by atoms with Gasteiger partial charge >= 0.3 is 0 Å². The van der Waals surface area contributed by atoms with Gasteiger partial charge in [0.15, 0.2) is 12.6 Å². The third-order valence-electron chi connectivity index (χ3n) is 5.10. The summed E-state index contributed by atoms with van der Waals surface area (Å²) < 4.78 is 11.1. The van der Waals surface area contributed by atoms with E-state index in [0.717, 1.165) is 30.6 Å². The Morgan fingerprint density at radius 2 is 1.97 bits per heavy atom. The number of nitrogens with zero attached hydrogens (tertiary/aromatic N) is 1. The van der Waals surface area contributed by atoms with Crippen molar-refractivity contribution >= 4 is 11.9 Å². The number of rotatable bonds is 11. The van der Waals surface area contributed by atoms with E-state index >= 15 is 0 Å². The lowest BCUT2D eigenvalue weighted by Crippen LogP contribution is -2.39. The van der Waals surface area contributed by atoms with Crippen molar-refractivity contribution in [2.45, 2.75) is 51.7 Å². The zero-order chi connectivity index (χ0) is 23.0. The minimum atomic E-state index is -1.18. The van der Waals surface area contributed by atoms with Gasteiger partial charge in [-0.3, -0.25) is 4.79 Å². The molecule has 32 heavy (non-hydrogen) atoms. The Morgan fingerprint density at radius 3 is 2.59 bits per heavy atom. The van der Waals surface area contributed by atoms with Gasteiger partial charge in [-0.15, -0.1) is 0 Å². The number of benzene rings is 1. The maximum Gasteiger partial charge on any atom is 0.258 e. The van der Waals surface area contributed by atoms with E-state index in [2.05, 4.69) is 20.9 Å². The molecule has 0 saturated heterocycles. The molecule has 0 bridgehead atoms. The molecule has 1 aromatic heterocycles. The fourth-order valence-corrected chi connectivity index (χ4v) is 3.10. The average molecular weight is 443 g/mol. The number of carbonyl (C=O) groups is 1. The van der Waals surface area contributed by atoms with Gasteiger partial charge < -0.3 is 30.2 Å². The molecule has 4 N–H and O–H groups in total. The highest BCUT2D eigenvalue weighted by Crippen LogP contribution is 2.23. The van der Waals surface area contributed by atoms with Crippen molar-refractivity contribution in [3.63, 3.8) is 0 Å². The third kappa shape index (κ3) is 7.60. The molecule has 8 nitrogen and oxygen atoms in total. The first-order valence-electron chi connectivity index (χ1n) is 11.2. The molecule has 1 aliphatic carbocycles. The van der Waals surface area contributed by atoms with Crippen LogP contribution in [0.4, 0.5) is 0 Å². The summed E-state index contributed by atoms with van der Waals surface area (Å²) in [5, 5.41) is 20.1. The summed E-state index contributed by atoms with van der Waals surface area (Å²) in [6.07, 6.45) is 2.93. The van der Waals surface area contributed by atoms with Crippen molar-refractivity contribution in [3.8, 4) is 5.75 Å². The molecule has 1 aromatic carbocycles. The van der Waals surface area contributed by atoms with Crippen molar-refractivity contribution in [2.75, 3.05) is 26.2 Å². The van der Waals surface area contributed by atoms with Crippen LogP contribution in [-0.2, 0) is 16.8 Å². The second kappa shape index (κ2) is 11.0. The SMILES string of the molecule is CCNC(=NCC(C)(O)c1ccc(C)o1)NCCc1ccc(OCC(=O)NC2CC2)cc1. The summed E-state index contributed by atoms with van der Waals surface area (Å²) in [7, 11) is 0. The Hall–Kier alpha value is -3.00. The zero-order valence-electron chi connectivity index (χ0n) is 19.1. The summed E-state index contributed by atoms with van der Waals surface area (Å²) >= 11 is 0. The number of nitrogens with one attached hydrogen (secondary N) is 3. The zero-order valence-corrected chi connectivity index (χ0v) is 19.1. The van der Waals surface area contributed by atoms with Gasteiger partial charge in [-0.05, 0) is 69.9 Å². The molecule has 1 fully saturated rings. The van der Waals surface area contributed by atoms with Crippen LogP contribution in [-0.4, -0.2) is 49.3 Å². The van der Waals surface area contributed by atoms with Crippen LogP contribution in [0.25, 0.3) is 0 Å². The molecular formula is C24H34N4O4. The first-order valence-corrected chi connectivity index (χ1v) is 11.2. The Bertz CT molecular complexity index is 901. The van der Waals surface area contributed by atoms with E-state index in [-0.39, 0.29) is 19.1 Å². The predicted octanol–water partition coefficient (Wildman–Crippen LogP) is 2.25. The molecule has 1 unspecified atom stereocenters. The Kier molecular flexibility index (Phi) is 8.16. The monoisotopic (exact) mass is 442 g/mol. The van der Waals surface area contributed by atoms with E-state index < -0.39 is 5.60 Å². The molecule has 3 rings (SSSR count). The molecule has 1 atom stereocenters. The van der Waals surface area contributed by atoms with E-state index in [1.807, 2.05) is 44.2 Å². The van der Waals surface area contributed by atoms with Gasteiger partial charge in [0, 0.05) is 19.1 Å². The summed E-state index contributed by atoms with van der Waals surface area (Å²) in [6.45, 7) is 7.15. The number of carbonyl (C=O) groups excluding carboxylic acids is 1. The average Bonchev–Trinajstić information content (AvgIpc) is 3.47. The quantitative estimate of drug-likeness (QED) is 0.314. The van der Waals surface area contributed by atoms with Crippen molar-refractivity contribution in [2.24, 2.45) is 4.99 Å². The summed E-state index contributed by atoms with van der Waals surface area (Å²) in [5.41, 5.74) is -0.0386. The van der Waals surface area contributed by atoms with E-state index in [4.69, 9.17) is 9.15 Å². The van der Waals surface area contributed by atoms with Crippen molar-refractivity contribution < 1.29 is 19.1 Å². The van der Waals surface area contributed by atoms with E-state index in [0.29, 0.717) is 36.6 Å². The minimum Gasteiger partial charge on any atom is -0.484 e. The minimum absolute atomic E-state index is 0.0429. The molecule has 0 spiro atoms. The van der Waals surface area contributed by atoms with Crippen LogP contribution in [0, 0.1) is 6.92 Å². The molecule has 1 amide bonds. The summed E-state index contributed by atoms with van der Waals surface area (Å²) in [5.74, 6) is 2.50. The molecule has 1 aliphatic rings. The molecule has 174 valence electrons. The van der Waals surface area contributed by atoms with Crippen LogP contribution < -0.4 is 20.7 Å². The lowest BCUT2D eigenvalue weighted by molar-refractivity contribution is -0.123. The van der Waals surface area contributed by atoms with Crippen molar-refractivity contribution in [1.29, 1.82) is 0 Å². The number of hydrogen-bond acceptors (Lipinski definition) is 5. The van der Waals surface area contributed by atoms with Crippen LogP contribution in [0.5, 0.6) is 5.75 Å². The second-order valence-electron chi connectivity index (χ2n) is 8.33. The Morgan fingerprint density at radius 1 is 1.22 bits per heavy atom. The highest BCUT2D eigenvalue weighted by molar-refractivity contribution is 5.79. The van der Waals surface area contributed by atoms with Crippen LogP contribution in [0.15, 0.2) is 45.8 Å². The fraction of sp³-hybridized carbons (Fsp3) is 0.500. The smallest absolute Gasteiger partial charge is 0.258 e. The number of ether oxygens (including phenoxy) is 1. The van der Waals surface area contributed by atoms with Gasteiger partial charge in [0.1, 0.15) is 22.9 Å². The van der Waals surface area contributed by atoms with E-state index in [1.54, 1.807) is 13.0 Å². The number of aliphatic imine (C=N–C) groups is 1. The molecule has 8 heteroatoms. The normalized spacial score (nSPS) is 15.7. The first-order chi connectivity index (χ1) is 15.4. The maximum absolute atomic E-state index is 11.7.